The van der Waals surface area contributed by atoms with Gasteiger partial charge in [0.25, 0.3) is 0 Å². The van der Waals surface area contributed by atoms with Crippen molar-refractivity contribution in [1.82, 2.24) is 0 Å². The lowest BCUT2D eigenvalue weighted by Crippen LogP contribution is -2.18. The molecule has 1 aromatic carbocycles. The summed E-state index contributed by atoms with van der Waals surface area (Å²) >= 11 is 0. The summed E-state index contributed by atoms with van der Waals surface area (Å²) in [4.78, 5) is 10.5. The molecule has 0 radical (unpaired) electrons. The Morgan fingerprint density at radius 2 is 1.62 bits per heavy atom. The highest BCUT2D eigenvalue weighted by atomic mass is 32.2. The maximum atomic E-state index is 12.0. The topological polar surface area (TPSA) is 106 Å². The molecule has 0 spiro atoms. The first-order chi connectivity index (χ1) is 9.66. The quantitative estimate of drug-likeness (QED) is 0.757. The molecule has 0 heterocycles. The van der Waals surface area contributed by atoms with Crippen LogP contribution in [0, 0.1) is 0 Å². The van der Waals surface area contributed by atoms with Gasteiger partial charge in [0, 0.05) is 12.2 Å². The molecule has 0 unspecified atom stereocenters. The Morgan fingerprint density at radius 1 is 1.05 bits per heavy atom. The molecule has 0 bridgehead atoms. The summed E-state index contributed by atoms with van der Waals surface area (Å²) in [5.41, 5.74) is 0.720. The highest BCUT2D eigenvalue weighted by Gasteiger charge is 2.18. The monoisotopic (exact) mass is 334 g/mol. The fourth-order valence-electron chi connectivity index (χ4n) is 1.61. The Hall–Kier alpha value is -1.41. The van der Waals surface area contributed by atoms with Gasteiger partial charge in [-0.05, 0) is 24.1 Å². The molecule has 0 aliphatic carbocycles. The van der Waals surface area contributed by atoms with Crippen LogP contribution in [-0.2, 0) is 30.9 Å². The third kappa shape index (κ3) is 5.84. The summed E-state index contributed by atoms with van der Waals surface area (Å²) in [7, 11) is -6.98. The molecule has 0 saturated heterocycles. The predicted octanol–water partition coefficient (Wildman–Crippen LogP) is 0.912. The largest absolute Gasteiger partial charge is 0.481 e. The third-order valence-corrected chi connectivity index (χ3v) is 6.71. The third-order valence-electron chi connectivity index (χ3n) is 3.01. The minimum atomic E-state index is -3.65. The molecule has 6 nitrogen and oxygen atoms in total. The summed E-state index contributed by atoms with van der Waals surface area (Å²) in [6.45, 7) is 1.47. The van der Waals surface area contributed by atoms with Gasteiger partial charge in [0.05, 0.1) is 16.4 Å². The van der Waals surface area contributed by atoms with E-state index in [0.717, 1.165) is 5.56 Å². The van der Waals surface area contributed by atoms with E-state index in [0.29, 0.717) is 6.42 Å². The van der Waals surface area contributed by atoms with E-state index in [1.54, 1.807) is 12.1 Å². The van der Waals surface area contributed by atoms with Gasteiger partial charge in [-0.2, -0.15) is 0 Å². The van der Waals surface area contributed by atoms with E-state index >= 15 is 0 Å². The first kappa shape index (κ1) is 17.6. The van der Waals surface area contributed by atoms with Gasteiger partial charge in [0.1, 0.15) is 0 Å². The number of carbonyl (C=O) groups is 1. The van der Waals surface area contributed by atoms with Gasteiger partial charge in [-0.15, -0.1) is 0 Å². The van der Waals surface area contributed by atoms with Crippen LogP contribution in [0.2, 0.25) is 0 Å². The van der Waals surface area contributed by atoms with Crippen molar-refractivity contribution >= 4 is 25.6 Å². The Labute approximate surface area is 124 Å². The number of aryl methyl sites for hydroxylation is 1. The number of hydrogen-bond acceptors (Lipinski definition) is 5. The Kier molecular flexibility index (Phi) is 5.91. The molecular weight excluding hydrogens is 316 g/mol. The fraction of sp³-hybridized carbons (Fsp3) is 0.462. The minimum absolute atomic E-state index is 0.0269. The Morgan fingerprint density at radius 3 is 2.10 bits per heavy atom. The van der Waals surface area contributed by atoms with Crippen LogP contribution in [0.4, 0.5) is 0 Å². The van der Waals surface area contributed by atoms with Gasteiger partial charge in [-0.1, -0.05) is 19.1 Å². The number of hydrogen-bond donors (Lipinski definition) is 1. The lowest BCUT2D eigenvalue weighted by Gasteiger charge is -2.06. The second-order valence-electron chi connectivity index (χ2n) is 4.59. The van der Waals surface area contributed by atoms with Crippen molar-refractivity contribution in [2.45, 2.75) is 24.7 Å². The van der Waals surface area contributed by atoms with Crippen molar-refractivity contribution in [3.05, 3.63) is 29.8 Å². The second kappa shape index (κ2) is 7.04. The first-order valence-corrected chi connectivity index (χ1v) is 9.87. The average molecular weight is 334 g/mol. The van der Waals surface area contributed by atoms with Crippen molar-refractivity contribution in [3.8, 4) is 0 Å². The highest BCUT2D eigenvalue weighted by molar-refractivity contribution is 7.95. The summed E-state index contributed by atoms with van der Waals surface area (Å²) in [5, 5.41) is 8.58. The number of rotatable bonds is 8. The van der Waals surface area contributed by atoms with E-state index in [-0.39, 0.29) is 17.1 Å². The maximum absolute atomic E-state index is 12.0. The van der Waals surface area contributed by atoms with Gasteiger partial charge in [-0.3, -0.25) is 4.79 Å². The van der Waals surface area contributed by atoms with Crippen LogP contribution in [-0.4, -0.2) is 45.2 Å². The van der Waals surface area contributed by atoms with Gasteiger partial charge in [-0.25, -0.2) is 16.8 Å². The van der Waals surface area contributed by atoms with Crippen molar-refractivity contribution in [2.75, 3.05) is 17.3 Å². The molecule has 0 saturated carbocycles. The Balaban J connectivity index is 2.78. The molecule has 1 rings (SSSR count). The van der Waals surface area contributed by atoms with Crippen LogP contribution in [0.5, 0.6) is 0 Å². The highest BCUT2D eigenvalue weighted by Crippen LogP contribution is 2.14. The Bertz CT molecular complexity index is 687. The SMILES string of the molecule is CCS(=O)(=O)CCS(=O)(=O)c1ccc(CCC(=O)O)cc1. The molecular formula is C13H18O6S2. The predicted molar refractivity (Wildman–Crippen MR) is 78.8 cm³/mol. The minimum Gasteiger partial charge on any atom is -0.481 e. The van der Waals surface area contributed by atoms with Crippen molar-refractivity contribution in [2.24, 2.45) is 0 Å². The lowest BCUT2D eigenvalue weighted by molar-refractivity contribution is -0.136. The molecule has 21 heavy (non-hydrogen) atoms. The molecule has 0 amide bonds. The van der Waals surface area contributed by atoms with Gasteiger partial charge in [0.15, 0.2) is 19.7 Å². The zero-order valence-corrected chi connectivity index (χ0v) is 13.3. The van der Waals surface area contributed by atoms with Crippen LogP contribution < -0.4 is 0 Å². The molecule has 1 N–H and O–H groups in total. The van der Waals surface area contributed by atoms with Crippen LogP contribution in [0.1, 0.15) is 18.9 Å². The first-order valence-electron chi connectivity index (χ1n) is 6.40. The van der Waals surface area contributed by atoms with E-state index in [9.17, 15) is 21.6 Å². The molecule has 0 aromatic heterocycles. The lowest BCUT2D eigenvalue weighted by atomic mass is 10.1. The smallest absolute Gasteiger partial charge is 0.303 e. The summed E-state index contributed by atoms with van der Waals surface area (Å²) in [5.74, 6) is -1.85. The van der Waals surface area contributed by atoms with Crippen molar-refractivity contribution in [1.29, 1.82) is 0 Å². The number of sulfone groups is 2. The molecule has 8 heteroatoms. The maximum Gasteiger partial charge on any atom is 0.303 e. The standard InChI is InChI=1S/C13H18O6S2/c1-2-20(16,17)9-10-21(18,19)12-6-3-11(4-7-12)5-8-13(14)15/h3-4,6-7H,2,5,8-10H2,1H3,(H,14,15). The molecule has 0 fully saturated rings. The van der Waals surface area contributed by atoms with Crippen molar-refractivity contribution < 1.29 is 26.7 Å². The van der Waals surface area contributed by atoms with Crippen molar-refractivity contribution in [3.63, 3.8) is 0 Å². The fourth-order valence-corrected chi connectivity index (χ4v) is 4.58. The normalized spacial score (nSPS) is 12.2. The molecule has 0 aliphatic rings. The van der Waals surface area contributed by atoms with E-state index in [1.807, 2.05) is 0 Å². The van der Waals surface area contributed by atoms with Gasteiger partial charge in [0.2, 0.25) is 0 Å². The number of carboxylic acid groups (broad SMARTS) is 1. The number of carboxylic acids is 1. The number of aliphatic carboxylic acids is 1. The van der Waals surface area contributed by atoms with Gasteiger partial charge < -0.3 is 5.11 Å². The van der Waals surface area contributed by atoms with Crippen LogP contribution in [0.25, 0.3) is 0 Å². The van der Waals surface area contributed by atoms with Crippen LogP contribution >= 0.6 is 0 Å². The molecule has 0 atom stereocenters. The number of benzene rings is 1. The van der Waals surface area contributed by atoms with Crippen LogP contribution in [0.15, 0.2) is 29.2 Å². The van der Waals surface area contributed by atoms with E-state index in [4.69, 9.17) is 5.11 Å². The molecule has 1 aromatic rings. The molecule has 118 valence electrons. The molecule has 0 aliphatic heterocycles. The summed E-state index contributed by atoms with van der Waals surface area (Å²) in [6.07, 6.45) is 0.292. The van der Waals surface area contributed by atoms with Crippen LogP contribution in [0.3, 0.4) is 0 Å². The summed E-state index contributed by atoms with van der Waals surface area (Å²) in [6, 6.07) is 5.85. The zero-order chi connectivity index (χ0) is 16.1. The zero-order valence-electron chi connectivity index (χ0n) is 11.6. The van der Waals surface area contributed by atoms with E-state index in [1.165, 1.54) is 19.1 Å². The van der Waals surface area contributed by atoms with E-state index in [2.05, 4.69) is 0 Å². The second-order valence-corrected chi connectivity index (χ2v) is 9.17. The average Bonchev–Trinajstić information content (AvgIpc) is 2.44. The summed E-state index contributed by atoms with van der Waals surface area (Å²) < 4.78 is 46.7. The van der Waals surface area contributed by atoms with E-state index < -0.39 is 37.1 Å². The van der Waals surface area contributed by atoms with Gasteiger partial charge >= 0.3 is 5.97 Å².